The summed E-state index contributed by atoms with van der Waals surface area (Å²) >= 11 is 0. The van der Waals surface area contributed by atoms with E-state index in [0.717, 1.165) is 27.9 Å². The highest BCUT2D eigenvalue weighted by Crippen LogP contribution is 2.30. The van der Waals surface area contributed by atoms with Crippen molar-refractivity contribution in [2.24, 2.45) is 0 Å². The molecule has 3 aromatic heterocycles. The number of anilines is 1. The molecule has 5 heteroatoms. The Morgan fingerprint density at radius 3 is 2.61 bits per heavy atom. The summed E-state index contributed by atoms with van der Waals surface area (Å²) in [5.41, 5.74) is 3.96. The van der Waals surface area contributed by atoms with Crippen molar-refractivity contribution in [3.63, 3.8) is 0 Å². The van der Waals surface area contributed by atoms with Crippen LogP contribution in [0.15, 0.2) is 51.3 Å². The fraction of sp³-hybridized carbons (Fsp3) is 0.167. The van der Waals surface area contributed by atoms with E-state index in [9.17, 15) is 4.79 Å². The van der Waals surface area contributed by atoms with Crippen LogP contribution in [0, 0.1) is 6.92 Å². The minimum Gasteiger partial charge on any atom is -0.459 e. The van der Waals surface area contributed by atoms with Crippen molar-refractivity contribution >= 4 is 33.9 Å². The van der Waals surface area contributed by atoms with Gasteiger partial charge >= 0.3 is 6.03 Å². The van der Waals surface area contributed by atoms with E-state index in [1.165, 1.54) is 0 Å². The molecule has 0 radical (unpaired) electrons. The van der Waals surface area contributed by atoms with Crippen LogP contribution in [0.25, 0.3) is 22.1 Å². The van der Waals surface area contributed by atoms with Gasteiger partial charge in [-0.1, -0.05) is 18.2 Å². The number of carbonyl (C=O) groups excluding carboxylic acids is 1. The smallest absolute Gasteiger partial charge is 0.319 e. The zero-order valence-corrected chi connectivity index (χ0v) is 12.8. The van der Waals surface area contributed by atoms with Gasteiger partial charge in [-0.15, -0.1) is 0 Å². The summed E-state index contributed by atoms with van der Waals surface area (Å²) in [6.07, 6.45) is 0. The van der Waals surface area contributed by atoms with E-state index in [0.29, 0.717) is 11.3 Å². The maximum absolute atomic E-state index is 12.2. The molecular weight excluding hydrogens is 292 g/mol. The van der Waals surface area contributed by atoms with Gasteiger partial charge < -0.3 is 19.5 Å². The van der Waals surface area contributed by atoms with Crippen molar-refractivity contribution in [1.82, 2.24) is 5.32 Å². The molecule has 0 spiro atoms. The van der Waals surface area contributed by atoms with Gasteiger partial charge in [0.1, 0.15) is 16.9 Å². The zero-order chi connectivity index (χ0) is 16.0. The van der Waals surface area contributed by atoms with Gasteiger partial charge in [-0.25, -0.2) is 4.79 Å². The van der Waals surface area contributed by atoms with Gasteiger partial charge in [-0.05, 0) is 32.0 Å². The number of amides is 2. The molecule has 0 aliphatic rings. The van der Waals surface area contributed by atoms with Crippen LogP contribution in [0.3, 0.4) is 0 Å². The van der Waals surface area contributed by atoms with Gasteiger partial charge in [0.15, 0.2) is 5.58 Å². The molecule has 0 aliphatic heterocycles. The van der Waals surface area contributed by atoms with Crippen molar-refractivity contribution in [2.75, 3.05) is 5.32 Å². The van der Waals surface area contributed by atoms with Crippen LogP contribution < -0.4 is 10.6 Å². The predicted molar refractivity (Wildman–Crippen MR) is 88.9 cm³/mol. The number of nitrogens with one attached hydrogen (secondary N) is 2. The molecule has 2 bridgehead atoms. The third-order valence-corrected chi connectivity index (χ3v) is 4.05. The lowest BCUT2D eigenvalue weighted by Crippen LogP contribution is -2.31. The topological polar surface area (TPSA) is 67.4 Å². The van der Waals surface area contributed by atoms with Crippen LogP contribution in [0.2, 0.25) is 0 Å². The summed E-state index contributed by atoms with van der Waals surface area (Å²) < 4.78 is 11.3. The number of carbonyl (C=O) groups is 1. The van der Waals surface area contributed by atoms with Crippen molar-refractivity contribution in [3.05, 3.63) is 53.8 Å². The van der Waals surface area contributed by atoms with E-state index in [2.05, 4.69) is 10.6 Å². The molecule has 1 atom stereocenters. The lowest BCUT2D eigenvalue weighted by atomic mass is 10.1. The highest BCUT2D eigenvalue weighted by atomic mass is 16.3. The maximum atomic E-state index is 12.2. The zero-order valence-electron chi connectivity index (χ0n) is 12.8. The summed E-state index contributed by atoms with van der Waals surface area (Å²) in [5, 5.41) is 6.76. The van der Waals surface area contributed by atoms with E-state index in [-0.39, 0.29) is 12.1 Å². The molecular formula is C18H16N2O3. The Balaban J connectivity index is 1.51. The molecule has 0 saturated carbocycles. The largest absolute Gasteiger partial charge is 0.459 e. The molecule has 0 fully saturated rings. The summed E-state index contributed by atoms with van der Waals surface area (Å²) in [7, 11) is 0. The highest BCUT2D eigenvalue weighted by molar-refractivity contribution is 5.96. The van der Waals surface area contributed by atoms with E-state index in [1.54, 1.807) is 6.07 Å². The van der Waals surface area contributed by atoms with Crippen LogP contribution in [-0.4, -0.2) is 6.03 Å². The van der Waals surface area contributed by atoms with E-state index in [4.69, 9.17) is 8.83 Å². The number of para-hydroxylation sites is 1. The first kappa shape index (κ1) is 13.7. The number of rotatable bonds is 3. The van der Waals surface area contributed by atoms with Crippen molar-refractivity contribution < 1.29 is 13.6 Å². The van der Waals surface area contributed by atoms with Crippen molar-refractivity contribution in [1.29, 1.82) is 0 Å². The summed E-state index contributed by atoms with van der Waals surface area (Å²) in [4.78, 5) is 12.2. The number of hydrogen-bond donors (Lipinski definition) is 2. The van der Waals surface area contributed by atoms with Gasteiger partial charge in [-0.3, -0.25) is 0 Å². The molecule has 2 amide bonds. The first-order chi connectivity index (χ1) is 11.1. The molecule has 0 aliphatic carbocycles. The van der Waals surface area contributed by atoms with Crippen molar-refractivity contribution in [2.45, 2.75) is 19.9 Å². The first-order valence-corrected chi connectivity index (χ1v) is 7.49. The maximum Gasteiger partial charge on any atom is 0.319 e. The van der Waals surface area contributed by atoms with E-state index >= 15 is 0 Å². The minimum absolute atomic E-state index is 0.240. The first-order valence-electron chi connectivity index (χ1n) is 7.49. The molecule has 3 heterocycles. The normalized spacial score (nSPS) is 12.8. The van der Waals surface area contributed by atoms with E-state index < -0.39 is 0 Å². The second kappa shape index (κ2) is 5.05. The average molecular weight is 308 g/mol. The Morgan fingerprint density at radius 2 is 1.91 bits per heavy atom. The lowest BCUT2D eigenvalue weighted by Gasteiger charge is -2.13. The number of fused-ring (bicyclic) bond motifs is 3. The predicted octanol–water partition coefficient (Wildman–Crippen LogP) is 4.81. The van der Waals surface area contributed by atoms with Crippen LogP contribution in [0.1, 0.15) is 24.3 Å². The standard InChI is InChI=1S/C18H16N2O3/c1-10-13-5-3-4-6-15(13)23-17(10)11(2)19-18(21)20-14-9-12-7-8-16(14)22-12/h3-9,11H,1-2H3,(H2,19,20,21)/t11-/m1/s1. The Labute approximate surface area is 132 Å². The third kappa shape index (κ3) is 2.30. The summed E-state index contributed by atoms with van der Waals surface area (Å²) in [6.45, 7) is 3.90. The number of benzene rings is 2. The molecule has 0 saturated heterocycles. The SMILES string of the molecule is Cc1c([C@@H](C)NC(=O)Nc2cc3ccc2o3)oc2ccccc12. The van der Waals surface area contributed by atoms with Crippen LogP contribution >= 0.6 is 0 Å². The molecule has 5 nitrogen and oxygen atoms in total. The second-order valence-corrected chi connectivity index (χ2v) is 5.67. The van der Waals surface area contributed by atoms with Crippen LogP contribution in [0.4, 0.5) is 10.5 Å². The third-order valence-electron chi connectivity index (χ3n) is 4.05. The van der Waals surface area contributed by atoms with Gasteiger partial charge in [0.25, 0.3) is 0 Å². The van der Waals surface area contributed by atoms with Gasteiger partial charge in [0.05, 0.1) is 11.7 Å². The summed E-state index contributed by atoms with van der Waals surface area (Å²) in [5.74, 6) is 0.765. The van der Waals surface area contributed by atoms with Crippen LogP contribution in [0.5, 0.6) is 0 Å². The Hall–Kier alpha value is -2.95. The van der Waals surface area contributed by atoms with Crippen molar-refractivity contribution in [3.8, 4) is 0 Å². The number of hydrogen-bond acceptors (Lipinski definition) is 3. The Kier molecular flexibility index (Phi) is 3.01. The number of furan rings is 3. The summed E-state index contributed by atoms with van der Waals surface area (Å²) in [6, 6.07) is 12.8. The van der Waals surface area contributed by atoms with E-state index in [1.807, 2.05) is 50.2 Å². The highest BCUT2D eigenvalue weighted by Gasteiger charge is 2.19. The molecule has 4 rings (SSSR count). The fourth-order valence-electron chi connectivity index (χ4n) is 2.91. The Bertz CT molecular complexity index is 983. The fourth-order valence-corrected chi connectivity index (χ4v) is 2.91. The minimum atomic E-state index is -0.291. The second-order valence-electron chi connectivity index (χ2n) is 5.67. The van der Waals surface area contributed by atoms with Crippen LogP contribution in [-0.2, 0) is 0 Å². The van der Waals surface area contributed by atoms with Gasteiger partial charge in [0, 0.05) is 17.0 Å². The number of urea groups is 1. The molecule has 23 heavy (non-hydrogen) atoms. The number of aryl methyl sites for hydroxylation is 1. The molecule has 1 aromatic carbocycles. The van der Waals surface area contributed by atoms with Gasteiger partial charge in [-0.2, -0.15) is 0 Å². The molecule has 0 unspecified atom stereocenters. The molecule has 116 valence electrons. The molecule has 2 N–H and O–H groups in total. The Morgan fingerprint density at radius 1 is 1.09 bits per heavy atom. The lowest BCUT2D eigenvalue weighted by molar-refractivity contribution is 0.248. The molecule has 4 aromatic rings. The quantitative estimate of drug-likeness (QED) is 0.571. The van der Waals surface area contributed by atoms with Gasteiger partial charge in [0.2, 0.25) is 0 Å². The monoisotopic (exact) mass is 308 g/mol. The average Bonchev–Trinajstić information content (AvgIpc) is 3.22.